The Bertz CT molecular complexity index is 526. The lowest BCUT2D eigenvalue weighted by molar-refractivity contribution is 0.519. The van der Waals surface area contributed by atoms with Crippen molar-refractivity contribution in [1.29, 1.82) is 0 Å². The van der Waals surface area contributed by atoms with Crippen LogP contribution in [-0.2, 0) is 20.5 Å². The predicted molar refractivity (Wildman–Crippen MR) is 75.9 cm³/mol. The number of nitrogens with one attached hydrogen (secondary N) is 1. The van der Waals surface area contributed by atoms with Gasteiger partial charge in [-0.2, -0.15) is 10.2 Å². The van der Waals surface area contributed by atoms with E-state index in [4.69, 9.17) is 0 Å². The fraction of sp³-hybridized carbons (Fsp3) is 0.571. The van der Waals surface area contributed by atoms with E-state index in [0.717, 1.165) is 30.8 Å². The van der Waals surface area contributed by atoms with E-state index in [1.54, 1.807) is 0 Å². The summed E-state index contributed by atoms with van der Waals surface area (Å²) in [6, 6.07) is 2.36. The quantitative estimate of drug-likeness (QED) is 0.861. The van der Waals surface area contributed by atoms with Crippen LogP contribution in [0, 0.1) is 6.92 Å². The van der Waals surface area contributed by atoms with Crippen LogP contribution in [0.4, 0.5) is 0 Å². The van der Waals surface area contributed by atoms with Crippen LogP contribution in [0.5, 0.6) is 0 Å². The summed E-state index contributed by atoms with van der Waals surface area (Å²) in [5.41, 5.74) is 3.47. The highest BCUT2D eigenvalue weighted by molar-refractivity contribution is 5.22. The largest absolute Gasteiger partial charge is 0.309 e. The van der Waals surface area contributed by atoms with Gasteiger partial charge in [0.1, 0.15) is 0 Å². The SMILES string of the molecule is CCCNC(Cc1ccn(C)n1)c1cn(C)nc1C. The molecular formula is C14H23N5. The van der Waals surface area contributed by atoms with E-state index in [0.29, 0.717) is 0 Å². The Labute approximate surface area is 114 Å². The van der Waals surface area contributed by atoms with Gasteiger partial charge >= 0.3 is 0 Å². The maximum atomic E-state index is 4.47. The molecule has 0 aromatic carbocycles. The fourth-order valence-electron chi connectivity index (χ4n) is 2.35. The van der Waals surface area contributed by atoms with Crippen molar-refractivity contribution in [2.75, 3.05) is 6.54 Å². The molecule has 0 radical (unpaired) electrons. The zero-order valence-electron chi connectivity index (χ0n) is 12.2. The van der Waals surface area contributed by atoms with E-state index in [1.807, 2.05) is 29.7 Å². The number of hydrogen-bond donors (Lipinski definition) is 1. The highest BCUT2D eigenvalue weighted by Gasteiger charge is 2.17. The van der Waals surface area contributed by atoms with Crippen LogP contribution in [-0.4, -0.2) is 26.1 Å². The molecule has 0 aliphatic rings. The maximum Gasteiger partial charge on any atom is 0.0643 e. The maximum absolute atomic E-state index is 4.47. The van der Waals surface area contributed by atoms with Crippen molar-refractivity contribution >= 4 is 0 Å². The van der Waals surface area contributed by atoms with Gasteiger partial charge in [0, 0.05) is 44.5 Å². The molecule has 0 saturated carbocycles. The summed E-state index contributed by atoms with van der Waals surface area (Å²) in [6.45, 7) is 5.25. The molecule has 5 nitrogen and oxygen atoms in total. The highest BCUT2D eigenvalue weighted by atomic mass is 15.3. The molecule has 2 aromatic rings. The summed E-state index contributed by atoms with van der Waals surface area (Å²) in [4.78, 5) is 0. The fourth-order valence-corrected chi connectivity index (χ4v) is 2.35. The second-order valence-electron chi connectivity index (χ2n) is 5.04. The topological polar surface area (TPSA) is 47.7 Å². The molecule has 0 amide bonds. The van der Waals surface area contributed by atoms with Crippen molar-refractivity contribution in [3.63, 3.8) is 0 Å². The average Bonchev–Trinajstić information content (AvgIpc) is 2.91. The molecule has 0 fully saturated rings. The molecule has 1 atom stereocenters. The lowest BCUT2D eigenvalue weighted by Crippen LogP contribution is -2.24. The van der Waals surface area contributed by atoms with Crippen LogP contribution in [0.25, 0.3) is 0 Å². The zero-order chi connectivity index (χ0) is 13.8. The van der Waals surface area contributed by atoms with E-state index in [9.17, 15) is 0 Å². The van der Waals surface area contributed by atoms with Gasteiger partial charge in [-0.15, -0.1) is 0 Å². The summed E-state index contributed by atoms with van der Waals surface area (Å²) in [6.07, 6.45) is 6.11. The molecule has 1 unspecified atom stereocenters. The molecule has 0 saturated heterocycles. The highest BCUT2D eigenvalue weighted by Crippen LogP contribution is 2.20. The Kier molecular flexibility index (Phi) is 4.37. The number of hydrogen-bond acceptors (Lipinski definition) is 3. The summed E-state index contributed by atoms with van der Waals surface area (Å²) >= 11 is 0. The second-order valence-corrected chi connectivity index (χ2v) is 5.04. The van der Waals surface area contributed by atoms with Gasteiger partial charge in [0.25, 0.3) is 0 Å². The molecule has 0 bridgehead atoms. The molecule has 2 aromatic heterocycles. The first-order valence-electron chi connectivity index (χ1n) is 6.82. The number of nitrogens with zero attached hydrogens (tertiary/aromatic N) is 4. The number of aryl methyl sites for hydroxylation is 3. The minimum Gasteiger partial charge on any atom is -0.309 e. The first-order valence-corrected chi connectivity index (χ1v) is 6.82. The van der Waals surface area contributed by atoms with Crippen LogP contribution < -0.4 is 5.32 Å². The number of aromatic nitrogens is 4. The normalized spacial score (nSPS) is 12.8. The smallest absolute Gasteiger partial charge is 0.0643 e. The minimum absolute atomic E-state index is 0.281. The van der Waals surface area contributed by atoms with Crippen LogP contribution in [0.1, 0.15) is 36.3 Å². The third kappa shape index (κ3) is 3.44. The van der Waals surface area contributed by atoms with Crippen molar-refractivity contribution in [3.8, 4) is 0 Å². The molecular weight excluding hydrogens is 238 g/mol. The van der Waals surface area contributed by atoms with E-state index in [1.165, 1.54) is 5.56 Å². The van der Waals surface area contributed by atoms with E-state index in [2.05, 4.69) is 41.6 Å². The third-order valence-corrected chi connectivity index (χ3v) is 3.25. The van der Waals surface area contributed by atoms with Crippen molar-refractivity contribution < 1.29 is 0 Å². The van der Waals surface area contributed by atoms with Crippen LogP contribution in [0.2, 0.25) is 0 Å². The van der Waals surface area contributed by atoms with Crippen molar-refractivity contribution in [2.24, 2.45) is 14.1 Å². The van der Waals surface area contributed by atoms with Gasteiger partial charge in [-0.1, -0.05) is 6.92 Å². The Morgan fingerprint density at radius 1 is 1.26 bits per heavy atom. The average molecular weight is 261 g/mol. The summed E-state index contributed by atoms with van der Waals surface area (Å²) in [5.74, 6) is 0. The Hall–Kier alpha value is -1.62. The molecule has 104 valence electrons. The summed E-state index contributed by atoms with van der Waals surface area (Å²) < 4.78 is 3.73. The van der Waals surface area contributed by atoms with E-state index < -0.39 is 0 Å². The molecule has 0 spiro atoms. The first-order chi connectivity index (χ1) is 9.10. The Morgan fingerprint density at radius 2 is 2.05 bits per heavy atom. The summed E-state index contributed by atoms with van der Waals surface area (Å²) in [5, 5.41) is 12.5. The van der Waals surface area contributed by atoms with Crippen LogP contribution >= 0.6 is 0 Å². The van der Waals surface area contributed by atoms with E-state index in [-0.39, 0.29) is 6.04 Å². The van der Waals surface area contributed by atoms with Gasteiger partial charge in [-0.05, 0) is 26.0 Å². The van der Waals surface area contributed by atoms with Crippen molar-refractivity contribution in [1.82, 2.24) is 24.9 Å². The second kappa shape index (κ2) is 6.02. The van der Waals surface area contributed by atoms with Gasteiger partial charge in [0.15, 0.2) is 0 Å². The van der Waals surface area contributed by atoms with Gasteiger partial charge in [-0.3, -0.25) is 9.36 Å². The predicted octanol–water partition coefficient (Wildman–Crippen LogP) is 1.75. The Balaban J connectivity index is 2.18. The van der Waals surface area contributed by atoms with Gasteiger partial charge < -0.3 is 5.32 Å². The molecule has 19 heavy (non-hydrogen) atoms. The molecule has 1 N–H and O–H groups in total. The third-order valence-electron chi connectivity index (χ3n) is 3.25. The first kappa shape index (κ1) is 13.8. The lowest BCUT2D eigenvalue weighted by Gasteiger charge is -2.17. The van der Waals surface area contributed by atoms with Gasteiger partial charge in [-0.25, -0.2) is 0 Å². The van der Waals surface area contributed by atoms with E-state index >= 15 is 0 Å². The molecule has 5 heteroatoms. The van der Waals surface area contributed by atoms with Crippen LogP contribution in [0.15, 0.2) is 18.5 Å². The van der Waals surface area contributed by atoms with Gasteiger partial charge in [0.05, 0.1) is 11.4 Å². The minimum atomic E-state index is 0.281. The van der Waals surface area contributed by atoms with Crippen molar-refractivity contribution in [2.45, 2.75) is 32.7 Å². The van der Waals surface area contributed by atoms with Gasteiger partial charge in [0.2, 0.25) is 0 Å². The lowest BCUT2D eigenvalue weighted by atomic mass is 10.0. The Morgan fingerprint density at radius 3 is 2.58 bits per heavy atom. The van der Waals surface area contributed by atoms with Crippen molar-refractivity contribution in [3.05, 3.63) is 35.4 Å². The standard InChI is InChI=1S/C14H23N5/c1-5-7-15-14(9-12-6-8-18(3)17-12)13-10-19(4)16-11(13)2/h6,8,10,14-15H,5,7,9H2,1-4H3. The molecule has 2 rings (SSSR count). The zero-order valence-corrected chi connectivity index (χ0v) is 12.2. The van der Waals surface area contributed by atoms with Crippen LogP contribution in [0.3, 0.4) is 0 Å². The molecule has 0 aliphatic carbocycles. The molecule has 0 aliphatic heterocycles. The molecule has 2 heterocycles. The summed E-state index contributed by atoms with van der Waals surface area (Å²) in [7, 11) is 3.92. The monoisotopic (exact) mass is 261 g/mol. The number of rotatable bonds is 6.